The lowest BCUT2D eigenvalue weighted by Gasteiger charge is -2.61. The lowest BCUT2D eigenvalue weighted by molar-refractivity contribution is -0.151. The van der Waals surface area contributed by atoms with E-state index in [9.17, 15) is 4.79 Å². The molecule has 2 fully saturated rings. The zero-order valence-corrected chi connectivity index (χ0v) is 14.8. The molecule has 0 aliphatic carbocycles. The van der Waals surface area contributed by atoms with Gasteiger partial charge in [0.05, 0.1) is 0 Å². The lowest BCUT2D eigenvalue weighted by Crippen LogP contribution is -2.73. The van der Waals surface area contributed by atoms with E-state index < -0.39 is 5.54 Å². The first-order valence-corrected chi connectivity index (χ1v) is 8.59. The summed E-state index contributed by atoms with van der Waals surface area (Å²) in [5.41, 5.74) is 5.30. The topological polar surface area (TPSA) is 49.6 Å². The Kier molecular flexibility index (Phi) is 4.74. The maximum Gasteiger partial charge on any atom is 0.238 e. The van der Waals surface area contributed by atoms with Gasteiger partial charge in [-0.05, 0) is 66.5 Å². The second-order valence-electron chi connectivity index (χ2n) is 8.32. The average molecular weight is 307 g/mol. The third-order valence-corrected chi connectivity index (χ3v) is 5.64. The number of hydrogen-bond donors (Lipinski definition) is 1. The Morgan fingerprint density at radius 3 is 2.00 bits per heavy atom. The molecular formula is C18H33N3O. The normalized spacial score (nSPS) is 28.2. The van der Waals surface area contributed by atoms with Crippen molar-refractivity contribution in [3.63, 3.8) is 0 Å². The van der Waals surface area contributed by atoms with Crippen LogP contribution in [0.25, 0.3) is 0 Å². The third-order valence-electron chi connectivity index (χ3n) is 5.64. The zero-order valence-electron chi connectivity index (χ0n) is 14.8. The Bertz CT molecular complexity index is 418. The van der Waals surface area contributed by atoms with Crippen LogP contribution in [0, 0.1) is 0 Å². The summed E-state index contributed by atoms with van der Waals surface area (Å²) in [6.45, 7) is 15.7. The standard InChI is InChI=1S/C18H33N3O/c1-6-10-21-16(2,3)13-18(15(19)22,14-17(21,4)5)20-11-8-7-9-12-20/h6H,1,7-14H2,2-5H3,(H2,19,22). The van der Waals surface area contributed by atoms with E-state index in [0.717, 1.165) is 32.5 Å². The number of carbonyl (C=O) groups is 1. The monoisotopic (exact) mass is 307 g/mol. The first-order chi connectivity index (χ1) is 10.2. The number of amides is 1. The van der Waals surface area contributed by atoms with Crippen LogP contribution in [-0.2, 0) is 4.79 Å². The van der Waals surface area contributed by atoms with Gasteiger partial charge in [0, 0.05) is 17.6 Å². The molecule has 126 valence electrons. The first kappa shape index (κ1) is 17.5. The van der Waals surface area contributed by atoms with Gasteiger partial charge in [-0.3, -0.25) is 14.6 Å². The van der Waals surface area contributed by atoms with Crippen LogP contribution in [0.15, 0.2) is 12.7 Å². The molecule has 0 aromatic heterocycles. The van der Waals surface area contributed by atoms with E-state index in [1.807, 2.05) is 6.08 Å². The molecule has 2 N–H and O–H groups in total. The fourth-order valence-corrected chi connectivity index (χ4v) is 5.00. The van der Waals surface area contributed by atoms with E-state index in [-0.39, 0.29) is 17.0 Å². The van der Waals surface area contributed by atoms with Gasteiger partial charge in [0.25, 0.3) is 0 Å². The Morgan fingerprint density at radius 1 is 1.09 bits per heavy atom. The predicted octanol–water partition coefficient (Wildman–Crippen LogP) is 2.54. The minimum atomic E-state index is -0.509. The van der Waals surface area contributed by atoms with Gasteiger partial charge in [0.2, 0.25) is 5.91 Å². The molecule has 22 heavy (non-hydrogen) atoms. The molecule has 2 aliphatic heterocycles. The molecule has 0 radical (unpaired) electrons. The van der Waals surface area contributed by atoms with Gasteiger partial charge in [-0.15, -0.1) is 6.58 Å². The quantitative estimate of drug-likeness (QED) is 0.812. The SMILES string of the molecule is C=CCN1C(C)(C)CC(C(N)=O)(N2CCCCC2)CC1(C)C. The number of primary amides is 1. The van der Waals surface area contributed by atoms with Crippen molar-refractivity contribution in [1.82, 2.24) is 9.80 Å². The maximum absolute atomic E-state index is 12.6. The Morgan fingerprint density at radius 2 is 1.59 bits per heavy atom. The second kappa shape index (κ2) is 5.97. The summed E-state index contributed by atoms with van der Waals surface area (Å²) in [5, 5.41) is 0. The van der Waals surface area contributed by atoms with E-state index in [1.165, 1.54) is 19.3 Å². The van der Waals surface area contributed by atoms with E-state index >= 15 is 0 Å². The number of nitrogens with zero attached hydrogens (tertiary/aromatic N) is 2. The van der Waals surface area contributed by atoms with Crippen molar-refractivity contribution in [2.45, 2.75) is 76.4 Å². The van der Waals surface area contributed by atoms with E-state index in [2.05, 4.69) is 44.1 Å². The fraction of sp³-hybridized carbons (Fsp3) is 0.833. The molecule has 4 nitrogen and oxygen atoms in total. The van der Waals surface area contributed by atoms with E-state index in [1.54, 1.807) is 0 Å². The maximum atomic E-state index is 12.6. The highest BCUT2D eigenvalue weighted by Gasteiger charge is 2.57. The van der Waals surface area contributed by atoms with E-state index in [4.69, 9.17) is 5.73 Å². The van der Waals surface area contributed by atoms with Gasteiger partial charge in [-0.25, -0.2) is 0 Å². The van der Waals surface area contributed by atoms with Crippen LogP contribution in [-0.4, -0.2) is 52.0 Å². The summed E-state index contributed by atoms with van der Waals surface area (Å²) in [7, 11) is 0. The summed E-state index contributed by atoms with van der Waals surface area (Å²) >= 11 is 0. The molecule has 0 atom stereocenters. The van der Waals surface area contributed by atoms with Crippen LogP contribution < -0.4 is 5.73 Å². The van der Waals surface area contributed by atoms with Crippen LogP contribution in [0.3, 0.4) is 0 Å². The molecule has 1 amide bonds. The Labute approximate surface area is 135 Å². The smallest absolute Gasteiger partial charge is 0.238 e. The molecule has 4 heteroatoms. The number of piperidine rings is 2. The molecule has 0 spiro atoms. The first-order valence-electron chi connectivity index (χ1n) is 8.59. The highest BCUT2D eigenvalue weighted by atomic mass is 16.1. The largest absolute Gasteiger partial charge is 0.368 e. The molecule has 0 saturated carbocycles. The van der Waals surface area contributed by atoms with Crippen molar-refractivity contribution in [2.75, 3.05) is 19.6 Å². The summed E-state index contributed by atoms with van der Waals surface area (Å²) < 4.78 is 0. The molecule has 0 aromatic rings. The summed E-state index contributed by atoms with van der Waals surface area (Å²) in [4.78, 5) is 17.4. The van der Waals surface area contributed by atoms with Crippen LogP contribution in [0.5, 0.6) is 0 Å². The second-order valence-corrected chi connectivity index (χ2v) is 8.32. The van der Waals surface area contributed by atoms with Crippen molar-refractivity contribution in [3.05, 3.63) is 12.7 Å². The summed E-state index contributed by atoms with van der Waals surface area (Å²) in [6, 6.07) is 0. The molecular weight excluding hydrogens is 274 g/mol. The molecule has 0 bridgehead atoms. The minimum Gasteiger partial charge on any atom is -0.368 e. The molecule has 2 rings (SSSR count). The predicted molar refractivity (Wildman–Crippen MR) is 91.6 cm³/mol. The van der Waals surface area contributed by atoms with Crippen molar-refractivity contribution in [2.24, 2.45) is 5.73 Å². The van der Waals surface area contributed by atoms with Gasteiger partial charge >= 0.3 is 0 Å². The molecule has 0 aromatic carbocycles. The molecule has 0 unspecified atom stereocenters. The molecule has 2 aliphatic rings. The van der Waals surface area contributed by atoms with Crippen molar-refractivity contribution in [3.8, 4) is 0 Å². The average Bonchev–Trinajstić information content (AvgIpc) is 2.42. The van der Waals surface area contributed by atoms with Crippen LogP contribution >= 0.6 is 0 Å². The molecule has 2 saturated heterocycles. The van der Waals surface area contributed by atoms with Crippen molar-refractivity contribution in [1.29, 1.82) is 0 Å². The Balaban J connectivity index is 2.40. The van der Waals surface area contributed by atoms with Gasteiger partial charge in [-0.1, -0.05) is 12.5 Å². The highest BCUT2D eigenvalue weighted by molar-refractivity contribution is 5.85. The fourth-order valence-electron chi connectivity index (χ4n) is 5.00. The summed E-state index contributed by atoms with van der Waals surface area (Å²) in [5.74, 6) is -0.145. The van der Waals surface area contributed by atoms with Crippen LogP contribution in [0.4, 0.5) is 0 Å². The van der Waals surface area contributed by atoms with Gasteiger partial charge in [0.15, 0.2) is 0 Å². The number of nitrogens with two attached hydrogens (primary N) is 1. The van der Waals surface area contributed by atoms with E-state index in [0.29, 0.717) is 0 Å². The zero-order chi connectivity index (χ0) is 16.6. The number of likely N-dealkylation sites (tertiary alicyclic amines) is 2. The molecule has 2 heterocycles. The number of carbonyl (C=O) groups excluding carboxylic acids is 1. The van der Waals surface area contributed by atoms with Gasteiger partial charge < -0.3 is 5.73 Å². The highest BCUT2D eigenvalue weighted by Crippen LogP contribution is 2.46. The number of hydrogen-bond acceptors (Lipinski definition) is 3. The van der Waals surface area contributed by atoms with Crippen LogP contribution in [0.1, 0.15) is 59.8 Å². The lowest BCUT2D eigenvalue weighted by atomic mass is 9.67. The van der Waals surface area contributed by atoms with Crippen molar-refractivity contribution >= 4 is 5.91 Å². The number of rotatable bonds is 4. The van der Waals surface area contributed by atoms with Gasteiger partial charge in [-0.2, -0.15) is 0 Å². The van der Waals surface area contributed by atoms with Gasteiger partial charge in [0.1, 0.15) is 5.54 Å². The van der Waals surface area contributed by atoms with Crippen molar-refractivity contribution < 1.29 is 4.79 Å². The minimum absolute atomic E-state index is 0.0809. The van der Waals surface area contributed by atoms with Crippen LogP contribution in [0.2, 0.25) is 0 Å². The Hall–Kier alpha value is -0.870. The third kappa shape index (κ3) is 2.95. The summed E-state index contributed by atoms with van der Waals surface area (Å²) in [6.07, 6.45) is 7.17.